The second kappa shape index (κ2) is 9.16. The van der Waals surface area contributed by atoms with E-state index in [1.807, 2.05) is 9.80 Å². The van der Waals surface area contributed by atoms with E-state index < -0.39 is 0 Å². The first-order valence-electron chi connectivity index (χ1n) is 11.1. The molecule has 0 radical (unpaired) electrons. The molecule has 1 aromatic rings. The standard InChI is InChI=1S/C23H33N3O3/c1-18(27)25-10-8-24(9-11-25)16-20-6-7-22-21(14-20)17-26(12-13-29-22)23(28)15-19-4-2-3-5-19/h6-7,14,19H,2-5,8-13,15-17H2,1H3. The summed E-state index contributed by atoms with van der Waals surface area (Å²) in [6, 6.07) is 6.39. The third-order valence-electron chi connectivity index (χ3n) is 6.62. The molecule has 6 heteroatoms. The number of ether oxygens (including phenoxy) is 1. The molecule has 29 heavy (non-hydrogen) atoms. The van der Waals surface area contributed by atoms with E-state index in [0.717, 1.165) is 44.0 Å². The van der Waals surface area contributed by atoms with Crippen molar-refractivity contribution in [1.82, 2.24) is 14.7 Å². The highest BCUT2D eigenvalue weighted by Gasteiger charge is 2.25. The number of nitrogens with zero attached hydrogens (tertiary/aromatic N) is 3. The third kappa shape index (κ3) is 5.10. The molecule has 0 unspecified atom stereocenters. The number of carbonyl (C=O) groups is 2. The van der Waals surface area contributed by atoms with Crippen LogP contribution in [0.25, 0.3) is 0 Å². The van der Waals surface area contributed by atoms with Gasteiger partial charge in [-0.1, -0.05) is 18.9 Å². The van der Waals surface area contributed by atoms with Crippen LogP contribution < -0.4 is 4.74 Å². The minimum atomic E-state index is 0.161. The lowest BCUT2D eigenvalue weighted by Crippen LogP contribution is -2.47. The normalized spacial score (nSPS) is 20.9. The highest BCUT2D eigenvalue weighted by molar-refractivity contribution is 5.76. The number of benzene rings is 1. The molecule has 6 nitrogen and oxygen atoms in total. The van der Waals surface area contributed by atoms with Crippen LogP contribution in [0.2, 0.25) is 0 Å². The Morgan fingerprint density at radius 3 is 2.52 bits per heavy atom. The number of fused-ring (bicyclic) bond motifs is 1. The third-order valence-corrected chi connectivity index (χ3v) is 6.62. The Hall–Kier alpha value is -2.08. The molecule has 2 fully saturated rings. The Kier molecular flexibility index (Phi) is 6.38. The van der Waals surface area contributed by atoms with Crippen molar-refractivity contribution in [2.75, 3.05) is 39.3 Å². The molecule has 1 saturated carbocycles. The predicted molar refractivity (Wildman–Crippen MR) is 111 cm³/mol. The van der Waals surface area contributed by atoms with Crippen LogP contribution in [0.4, 0.5) is 0 Å². The van der Waals surface area contributed by atoms with Crippen molar-refractivity contribution in [3.63, 3.8) is 0 Å². The first-order chi connectivity index (χ1) is 14.1. The maximum atomic E-state index is 12.8. The summed E-state index contributed by atoms with van der Waals surface area (Å²) >= 11 is 0. The number of hydrogen-bond donors (Lipinski definition) is 0. The van der Waals surface area contributed by atoms with E-state index in [1.54, 1.807) is 6.92 Å². The van der Waals surface area contributed by atoms with Gasteiger partial charge in [0, 0.05) is 58.2 Å². The quantitative estimate of drug-likeness (QED) is 0.781. The summed E-state index contributed by atoms with van der Waals surface area (Å²) in [5.41, 5.74) is 2.36. The number of hydrogen-bond acceptors (Lipinski definition) is 4. The summed E-state index contributed by atoms with van der Waals surface area (Å²) in [5, 5.41) is 0. The maximum Gasteiger partial charge on any atom is 0.223 e. The van der Waals surface area contributed by atoms with Crippen molar-refractivity contribution in [1.29, 1.82) is 0 Å². The minimum Gasteiger partial charge on any atom is -0.491 e. The van der Waals surface area contributed by atoms with Crippen LogP contribution in [0.15, 0.2) is 18.2 Å². The van der Waals surface area contributed by atoms with Crippen molar-refractivity contribution >= 4 is 11.8 Å². The second-order valence-corrected chi connectivity index (χ2v) is 8.74. The Labute approximate surface area is 173 Å². The SMILES string of the molecule is CC(=O)N1CCN(Cc2ccc3c(c2)CN(C(=O)CC2CCCC2)CCO3)CC1. The van der Waals surface area contributed by atoms with Gasteiger partial charge in [-0.25, -0.2) is 0 Å². The molecule has 0 spiro atoms. The Morgan fingerprint density at radius 2 is 1.79 bits per heavy atom. The molecule has 0 atom stereocenters. The van der Waals surface area contributed by atoms with E-state index in [1.165, 1.54) is 31.2 Å². The van der Waals surface area contributed by atoms with Gasteiger partial charge in [0.25, 0.3) is 0 Å². The Bertz CT molecular complexity index is 737. The van der Waals surface area contributed by atoms with Gasteiger partial charge in [-0.2, -0.15) is 0 Å². The van der Waals surface area contributed by atoms with Crippen LogP contribution >= 0.6 is 0 Å². The second-order valence-electron chi connectivity index (χ2n) is 8.74. The molecule has 1 saturated heterocycles. The zero-order chi connectivity index (χ0) is 20.2. The lowest BCUT2D eigenvalue weighted by Gasteiger charge is -2.34. The molecule has 0 aromatic heterocycles. The first-order valence-corrected chi connectivity index (χ1v) is 11.1. The molecule has 1 aliphatic carbocycles. The molecule has 158 valence electrons. The van der Waals surface area contributed by atoms with Crippen LogP contribution in [0.1, 0.15) is 50.2 Å². The zero-order valence-electron chi connectivity index (χ0n) is 17.6. The molecule has 2 aliphatic heterocycles. The maximum absolute atomic E-state index is 12.8. The van der Waals surface area contributed by atoms with Crippen molar-refractivity contribution in [2.24, 2.45) is 5.92 Å². The van der Waals surface area contributed by atoms with Crippen LogP contribution in [0.5, 0.6) is 5.75 Å². The van der Waals surface area contributed by atoms with Crippen molar-refractivity contribution in [3.8, 4) is 5.75 Å². The van der Waals surface area contributed by atoms with Crippen LogP contribution in [-0.2, 0) is 22.7 Å². The number of piperazine rings is 1. The molecule has 2 amide bonds. The largest absolute Gasteiger partial charge is 0.491 e. The molecule has 4 rings (SSSR count). The predicted octanol–water partition coefficient (Wildman–Crippen LogP) is 2.65. The fourth-order valence-corrected chi connectivity index (χ4v) is 4.83. The summed E-state index contributed by atoms with van der Waals surface area (Å²) in [6.45, 7) is 7.79. The van der Waals surface area contributed by atoms with Gasteiger partial charge in [0.2, 0.25) is 11.8 Å². The molecule has 1 aromatic carbocycles. The highest BCUT2D eigenvalue weighted by atomic mass is 16.5. The van der Waals surface area contributed by atoms with Crippen molar-refractivity contribution in [3.05, 3.63) is 29.3 Å². The molecule has 0 N–H and O–H groups in total. The lowest BCUT2D eigenvalue weighted by atomic mass is 10.0. The van der Waals surface area contributed by atoms with E-state index in [0.29, 0.717) is 32.0 Å². The number of carbonyl (C=O) groups excluding carboxylic acids is 2. The average Bonchev–Trinajstić information content (AvgIpc) is 3.12. The molecule has 2 heterocycles. The number of amides is 2. The van der Waals surface area contributed by atoms with Gasteiger partial charge in [0.1, 0.15) is 12.4 Å². The minimum absolute atomic E-state index is 0.161. The highest BCUT2D eigenvalue weighted by Crippen LogP contribution is 2.30. The van der Waals surface area contributed by atoms with E-state index >= 15 is 0 Å². The van der Waals surface area contributed by atoms with Gasteiger partial charge in [0.05, 0.1) is 6.54 Å². The van der Waals surface area contributed by atoms with Gasteiger partial charge in [0.15, 0.2) is 0 Å². The van der Waals surface area contributed by atoms with Crippen LogP contribution in [0, 0.1) is 5.92 Å². The zero-order valence-corrected chi connectivity index (χ0v) is 17.6. The molecule has 3 aliphatic rings. The van der Waals surface area contributed by atoms with E-state index in [4.69, 9.17) is 4.74 Å². The molecule has 0 bridgehead atoms. The van der Waals surface area contributed by atoms with E-state index in [9.17, 15) is 9.59 Å². The summed E-state index contributed by atoms with van der Waals surface area (Å²) in [4.78, 5) is 30.6. The van der Waals surface area contributed by atoms with E-state index in [2.05, 4.69) is 23.1 Å². The number of rotatable bonds is 4. The van der Waals surface area contributed by atoms with E-state index in [-0.39, 0.29) is 11.8 Å². The topological polar surface area (TPSA) is 53.1 Å². The van der Waals surface area contributed by atoms with Crippen LogP contribution in [-0.4, -0.2) is 65.8 Å². The van der Waals surface area contributed by atoms with Crippen molar-refractivity contribution < 1.29 is 14.3 Å². The molecular weight excluding hydrogens is 366 g/mol. The van der Waals surface area contributed by atoms with Gasteiger partial charge in [-0.05, 0) is 36.5 Å². The fourth-order valence-electron chi connectivity index (χ4n) is 4.83. The van der Waals surface area contributed by atoms with Gasteiger partial charge >= 0.3 is 0 Å². The summed E-state index contributed by atoms with van der Waals surface area (Å²) in [6.07, 6.45) is 5.64. The Balaban J connectivity index is 1.37. The molecular formula is C23H33N3O3. The van der Waals surface area contributed by atoms with Gasteiger partial charge in [-0.15, -0.1) is 0 Å². The summed E-state index contributed by atoms with van der Waals surface area (Å²) in [5.74, 6) is 1.92. The van der Waals surface area contributed by atoms with Crippen LogP contribution in [0.3, 0.4) is 0 Å². The van der Waals surface area contributed by atoms with Gasteiger partial charge in [-0.3, -0.25) is 14.5 Å². The fraction of sp³-hybridized carbons (Fsp3) is 0.652. The summed E-state index contributed by atoms with van der Waals surface area (Å²) < 4.78 is 5.93. The Morgan fingerprint density at radius 1 is 1.03 bits per heavy atom. The lowest BCUT2D eigenvalue weighted by molar-refractivity contribution is -0.133. The average molecular weight is 400 g/mol. The summed E-state index contributed by atoms with van der Waals surface area (Å²) in [7, 11) is 0. The first kappa shape index (κ1) is 20.2. The smallest absolute Gasteiger partial charge is 0.223 e. The monoisotopic (exact) mass is 399 g/mol. The van der Waals surface area contributed by atoms with Crippen molar-refractivity contribution in [2.45, 2.75) is 52.1 Å². The van der Waals surface area contributed by atoms with Gasteiger partial charge < -0.3 is 14.5 Å².